The van der Waals surface area contributed by atoms with Crippen molar-refractivity contribution in [3.05, 3.63) is 90.5 Å². The lowest BCUT2D eigenvalue weighted by molar-refractivity contribution is -0.330. The minimum atomic E-state index is 0.834. The Kier molecular flexibility index (Phi) is 4.75. The van der Waals surface area contributed by atoms with E-state index in [0.717, 1.165) is 23.6 Å². The summed E-state index contributed by atoms with van der Waals surface area (Å²) in [6.45, 7) is 0.834. The van der Waals surface area contributed by atoms with Gasteiger partial charge in [-0.3, -0.25) is 4.90 Å². The van der Waals surface area contributed by atoms with Crippen LogP contribution < -0.4 is 14.6 Å². The maximum absolute atomic E-state index is 5.43. The van der Waals surface area contributed by atoms with Crippen LogP contribution in [0.25, 0.3) is 22.0 Å². The van der Waals surface area contributed by atoms with Crippen LogP contribution in [0.2, 0.25) is 0 Å². The van der Waals surface area contributed by atoms with Crippen LogP contribution in [0.15, 0.2) is 84.9 Å². The molecule has 0 aliphatic carbocycles. The van der Waals surface area contributed by atoms with Crippen molar-refractivity contribution in [2.45, 2.75) is 6.54 Å². The van der Waals surface area contributed by atoms with Gasteiger partial charge in [0.05, 0.1) is 14.2 Å². The van der Waals surface area contributed by atoms with Crippen molar-refractivity contribution >= 4 is 16.7 Å². The number of methoxy groups -OCH3 is 1. The molecule has 4 rings (SSSR count). The number of nitrogens with one attached hydrogen (secondary N) is 1. The first-order chi connectivity index (χ1) is 13.2. The first kappa shape index (κ1) is 17.1. The van der Waals surface area contributed by atoms with Crippen molar-refractivity contribution in [2.24, 2.45) is 0 Å². The van der Waals surface area contributed by atoms with Gasteiger partial charge < -0.3 is 4.74 Å². The molecule has 0 amide bonds. The minimum Gasteiger partial charge on any atom is -0.497 e. The Balaban J connectivity index is 1.83. The lowest BCUT2D eigenvalue weighted by atomic mass is 10.0. The van der Waals surface area contributed by atoms with E-state index < -0.39 is 0 Å². The second kappa shape index (κ2) is 7.50. The van der Waals surface area contributed by atoms with Crippen molar-refractivity contribution in [1.29, 1.82) is 0 Å². The molecule has 0 bridgehead atoms. The van der Waals surface area contributed by atoms with Gasteiger partial charge in [-0.05, 0) is 23.3 Å². The second-order valence-corrected chi connectivity index (χ2v) is 6.69. The molecule has 1 aromatic heterocycles. The van der Waals surface area contributed by atoms with E-state index in [2.05, 4.69) is 83.7 Å². The van der Waals surface area contributed by atoms with Crippen molar-refractivity contribution < 1.29 is 9.72 Å². The summed E-state index contributed by atoms with van der Waals surface area (Å²) in [7, 11) is 3.81. The molecule has 27 heavy (non-hydrogen) atoms. The molecule has 0 fully saturated rings. The molecule has 3 nitrogen and oxygen atoms in total. The van der Waals surface area contributed by atoms with Gasteiger partial charge in [-0.25, -0.2) is 4.98 Å². The predicted molar refractivity (Wildman–Crippen MR) is 111 cm³/mol. The fourth-order valence-corrected chi connectivity index (χ4v) is 3.38. The van der Waals surface area contributed by atoms with Gasteiger partial charge in [-0.2, -0.15) is 0 Å². The smallest absolute Gasteiger partial charge is 0.275 e. The van der Waals surface area contributed by atoms with Gasteiger partial charge in [0.1, 0.15) is 17.8 Å². The van der Waals surface area contributed by atoms with Crippen LogP contribution in [0, 0.1) is 0 Å². The Labute approximate surface area is 159 Å². The molecule has 0 aliphatic rings. The summed E-state index contributed by atoms with van der Waals surface area (Å²) in [5.41, 5.74) is 4.75. The van der Waals surface area contributed by atoms with Crippen LogP contribution in [0.1, 0.15) is 5.56 Å². The van der Waals surface area contributed by atoms with Crippen LogP contribution in [0.4, 0.5) is 5.82 Å². The van der Waals surface area contributed by atoms with Crippen LogP contribution in [-0.4, -0.2) is 14.2 Å². The Morgan fingerprint density at radius 1 is 0.852 bits per heavy atom. The fourth-order valence-electron chi connectivity index (χ4n) is 3.38. The van der Waals surface area contributed by atoms with Gasteiger partial charge in [0.2, 0.25) is 0 Å². The Morgan fingerprint density at radius 2 is 1.56 bits per heavy atom. The molecule has 1 heterocycles. The molecule has 0 unspecified atom stereocenters. The van der Waals surface area contributed by atoms with Gasteiger partial charge in [-0.15, -0.1) is 0 Å². The highest BCUT2D eigenvalue weighted by Crippen LogP contribution is 2.31. The van der Waals surface area contributed by atoms with Crippen molar-refractivity contribution in [3.8, 4) is 16.9 Å². The molecular formula is C24H23N2O+. The SMILES string of the molecule is COc1ccc2c(-c3ccccc3)cc(N(C)Cc3ccccc3)[nH+]c2c1. The average Bonchev–Trinajstić information content (AvgIpc) is 2.73. The Hall–Kier alpha value is -3.33. The number of H-pyrrole nitrogens is 1. The van der Waals surface area contributed by atoms with E-state index in [0.29, 0.717) is 0 Å². The summed E-state index contributed by atoms with van der Waals surface area (Å²) in [6.07, 6.45) is 0. The number of anilines is 1. The molecule has 0 aliphatic heterocycles. The van der Waals surface area contributed by atoms with Gasteiger partial charge in [0.15, 0.2) is 0 Å². The van der Waals surface area contributed by atoms with E-state index in [1.54, 1.807) is 7.11 Å². The van der Waals surface area contributed by atoms with E-state index >= 15 is 0 Å². The van der Waals surface area contributed by atoms with Gasteiger partial charge in [0, 0.05) is 23.1 Å². The van der Waals surface area contributed by atoms with Crippen molar-refractivity contribution in [2.75, 3.05) is 19.1 Å². The largest absolute Gasteiger partial charge is 0.497 e. The molecule has 1 N–H and O–H groups in total. The maximum atomic E-state index is 5.43. The summed E-state index contributed by atoms with van der Waals surface area (Å²) < 4.78 is 5.43. The standard InChI is InChI=1S/C24H22N2O/c1-26(17-18-9-5-3-6-10-18)24-16-22(19-11-7-4-8-12-19)21-14-13-20(27-2)15-23(21)25-24/h3-16H,17H2,1-2H3/p+1. The maximum Gasteiger partial charge on any atom is 0.275 e. The van der Waals surface area contributed by atoms with E-state index in [1.807, 2.05) is 18.2 Å². The van der Waals surface area contributed by atoms with Crippen molar-refractivity contribution in [3.63, 3.8) is 0 Å². The number of nitrogens with zero attached hydrogens (tertiary/aromatic N) is 1. The third-order valence-corrected chi connectivity index (χ3v) is 4.82. The van der Waals surface area contributed by atoms with Gasteiger partial charge in [-0.1, -0.05) is 60.7 Å². The lowest BCUT2D eigenvalue weighted by Gasteiger charge is -2.14. The molecule has 134 valence electrons. The minimum absolute atomic E-state index is 0.834. The summed E-state index contributed by atoms with van der Waals surface area (Å²) in [5, 5.41) is 1.18. The highest BCUT2D eigenvalue weighted by molar-refractivity contribution is 5.94. The molecule has 4 aromatic rings. The number of hydrogen-bond donors (Lipinski definition) is 0. The number of hydrogen-bond acceptors (Lipinski definition) is 2. The fraction of sp³-hybridized carbons (Fsp3) is 0.125. The second-order valence-electron chi connectivity index (χ2n) is 6.69. The number of aromatic nitrogens is 1. The Morgan fingerprint density at radius 3 is 2.26 bits per heavy atom. The highest BCUT2D eigenvalue weighted by atomic mass is 16.5. The van der Waals surface area contributed by atoms with Crippen LogP contribution >= 0.6 is 0 Å². The molecule has 3 heteroatoms. The topological polar surface area (TPSA) is 26.6 Å². The number of rotatable bonds is 5. The van der Waals surface area contributed by atoms with Crippen LogP contribution in [0.5, 0.6) is 5.75 Å². The molecule has 0 spiro atoms. The zero-order chi connectivity index (χ0) is 18.6. The summed E-state index contributed by atoms with van der Waals surface area (Å²) in [5.74, 6) is 1.92. The number of aromatic amines is 1. The zero-order valence-electron chi connectivity index (χ0n) is 15.6. The van der Waals surface area contributed by atoms with E-state index in [4.69, 9.17) is 4.74 Å². The normalized spacial score (nSPS) is 10.7. The monoisotopic (exact) mass is 355 g/mol. The molecule has 0 radical (unpaired) electrons. The number of benzene rings is 3. The summed E-state index contributed by atoms with van der Waals surface area (Å²) in [4.78, 5) is 5.81. The average molecular weight is 355 g/mol. The van der Waals surface area contributed by atoms with Gasteiger partial charge in [0.25, 0.3) is 5.82 Å². The lowest BCUT2D eigenvalue weighted by Crippen LogP contribution is -2.25. The van der Waals surface area contributed by atoms with E-state index in [9.17, 15) is 0 Å². The first-order valence-electron chi connectivity index (χ1n) is 9.09. The first-order valence-corrected chi connectivity index (χ1v) is 9.09. The molecule has 0 saturated heterocycles. The van der Waals surface area contributed by atoms with Crippen LogP contribution in [0.3, 0.4) is 0 Å². The Bertz CT molecular complexity index is 1050. The van der Waals surface area contributed by atoms with Crippen molar-refractivity contribution in [1.82, 2.24) is 0 Å². The number of fused-ring (bicyclic) bond motifs is 1. The third-order valence-electron chi connectivity index (χ3n) is 4.82. The quantitative estimate of drug-likeness (QED) is 0.505. The number of ether oxygens (including phenoxy) is 1. The predicted octanol–water partition coefficient (Wildman–Crippen LogP) is 4.97. The van der Waals surface area contributed by atoms with Gasteiger partial charge >= 0.3 is 0 Å². The van der Waals surface area contributed by atoms with E-state index in [1.165, 1.54) is 22.1 Å². The van der Waals surface area contributed by atoms with Crippen LogP contribution in [-0.2, 0) is 6.54 Å². The summed E-state index contributed by atoms with van der Waals surface area (Å²) in [6, 6.07) is 29.4. The highest BCUT2D eigenvalue weighted by Gasteiger charge is 2.17. The van der Waals surface area contributed by atoms with E-state index in [-0.39, 0.29) is 0 Å². The zero-order valence-corrected chi connectivity index (χ0v) is 15.6. The molecule has 0 saturated carbocycles. The molecule has 0 atom stereocenters. The molecule has 3 aromatic carbocycles. The number of pyridine rings is 1. The third kappa shape index (κ3) is 3.63. The summed E-state index contributed by atoms with van der Waals surface area (Å²) >= 11 is 0. The molecular weight excluding hydrogens is 332 g/mol.